The number of aliphatic carboxylic acids is 1. The molecule has 1 fully saturated rings. The lowest BCUT2D eigenvalue weighted by Gasteiger charge is -2.33. The molecule has 1 aromatic carbocycles. The Morgan fingerprint density at radius 3 is 2.77 bits per heavy atom. The third kappa shape index (κ3) is 2.99. The minimum absolute atomic E-state index is 0.190. The molecule has 0 aliphatic carbocycles. The van der Waals surface area contributed by atoms with E-state index in [4.69, 9.17) is 26.2 Å². The van der Waals surface area contributed by atoms with E-state index in [9.17, 15) is 9.90 Å². The van der Waals surface area contributed by atoms with E-state index in [-0.39, 0.29) is 12.7 Å². The van der Waals surface area contributed by atoms with Crippen LogP contribution in [0.25, 0.3) is 0 Å². The Bertz CT molecular complexity index is 571. The fourth-order valence-electron chi connectivity index (χ4n) is 3.01. The highest BCUT2D eigenvalue weighted by Crippen LogP contribution is 2.40. The van der Waals surface area contributed by atoms with E-state index in [1.165, 1.54) is 0 Å². The number of ether oxygens (including phenoxy) is 2. The first-order valence-corrected chi connectivity index (χ1v) is 7.64. The summed E-state index contributed by atoms with van der Waals surface area (Å²) in [6, 6.07) is 3.59. The van der Waals surface area contributed by atoms with Crippen LogP contribution in [0.5, 0.6) is 11.5 Å². The highest BCUT2D eigenvalue weighted by atomic mass is 35.5. The van der Waals surface area contributed by atoms with Crippen molar-refractivity contribution in [3.8, 4) is 11.5 Å². The maximum absolute atomic E-state index is 10.8. The Morgan fingerprint density at radius 2 is 2.09 bits per heavy atom. The van der Waals surface area contributed by atoms with Crippen molar-refractivity contribution in [2.75, 3.05) is 19.9 Å². The van der Waals surface area contributed by atoms with Gasteiger partial charge < -0.3 is 19.7 Å². The molecule has 2 aliphatic heterocycles. The second-order valence-corrected chi connectivity index (χ2v) is 6.06. The summed E-state index contributed by atoms with van der Waals surface area (Å²) in [5, 5.41) is 19.1. The van der Waals surface area contributed by atoms with Gasteiger partial charge in [-0.05, 0) is 44.0 Å². The van der Waals surface area contributed by atoms with Gasteiger partial charge in [0.15, 0.2) is 17.6 Å². The van der Waals surface area contributed by atoms with Gasteiger partial charge in [0.05, 0.1) is 0 Å². The highest BCUT2D eigenvalue weighted by molar-refractivity contribution is 6.31. The molecule has 120 valence electrons. The first-order valence-electron chi connectivity index (χ1n) is 7.26. The first kappa shape index (κ1) is 15.4. The molecule has 2 aliphatic rings. The van der Waals surface area contributed by atoms with Crippen molar-refractivity contribution in [1.82, 2.24) is 4.90 Å². The standard InChI is InChI=1S/C15H18ClNO5/c16-11-1-2-12-14(22-8-21-12)10(11)7-17-5-3-9(4-6-17)13(18)15(19)20/h1-2,9,13,18H,3-8H2,(H,19,20). The largest absolute Gasteiger partial charge is 0.479 e. The average Bonchev–Trinajstić information content (AvgIpc) is 2.99. The molecule has 1 saturated heterocycles. The highest BCUT2D eigenvalue weighted by Gasteiger charge is 2.30. The van der Waals surface area contributed by atoms with E-state index in [1.807, 2.05) is 0 Å². The SMILES string of the molecule is O=C(O)C(O)C1CCN(Cc2c(Cl)ccc3c2OCO3)CC1. The quantitative estimate of drug-likeness (QED) is 0.876. The number of carboxylic acids is 1. The van der Waals surface area contributed by atoms with E-state index in [0.717, 1.165) is 18.7 Å². The maximum atomic E-state index is 10.8. The van der Waals surface area contributed by atoms with E-state index in [2.05, 4.69) is 4.90 Å². The molecule has 1 unspecified atom stereocenters. The van der Waals surface area contributed by atoms with Gasteiger partial charge >= 0.3 is 5.97 Å². The summed E-state index contributed by atoms with van der Waals surface area (Å²) in [6.45, 7) is 2.27. The molecule has 1 aromatic rings. The van der Waals surface area contributed by atoms with E-state index >= 15 is 0 Å². The zero-order valence-electron chi connectivity index (χ0n) is 12.0. The molecular weight excluding hydrogens is 310 g/mol. The third-order valence-electron chi connectivity index (χ3n) is 4.30. The van der Waals surface area contributed by atoms with E-state index < -0.39 is 12.1 Å². The Labute approximate surface area is 133 Å². The van der Waals surface area contributed by atoms with Gasteiger partial charge in [-0.15, -0.1) is 0 Å². The van der Waals surface area contributed by atoms with Crippen LogP contribution >= 0.6 is 11.6 Å². The lowest BCUT2D eigenvalue weighted by molar-refractivity contribution is -0.150. The van der Waals surface area contributed by atoms with Crippen molar-refractivity contribution in [3.05, 3.63) is 22.7 Å². The van der Waals surface area contributed by atoms with Crippen LogP contribution in [0.1, 0.15) is 18.4 Å². The van der Waals surface area contributed by atoms with Gasteiger partial charge in [-0.1, -0.05) is 11.6 Å². The van der Waals surface area contributed by atoms with Crippen LogP contribution in [0, 0.1) is 5.92 Å². The Hall–Kier alpha value is -1.50. The number of benzene rings is 1. The van der Waals surface area contributed by atoms with Crippen molar-refractivity contribution >= 4 is 17.6 Å². The summed E-state index contributed by atoms with van der Waals surface area (Å²) < 4.78 is 10.9. The van der Waals surface area contributed by atoms with Crippen LogP contribution in [-0.4, -0.2) is 47.1 Å². The van der Waals surface area contributed by atoms with Crippen molar-refractivity contribution in [2.24, 2.45) is 5.92 Å². The lowest BCUT2D eigenvalue weighted by atomic mass is 9.91. The van der Waals surface area contributed by atoms with Crippen LogP contribution in [0.2, 0.25) is 5.02 Å². The molecule has 6 nitrogen and oxygen atoms in total. The number of carbonyl (C=O) groups is 1. The van der Waals surface area contributed by atoms with Gasteiger partial charge in [-0.25, -0.2) is 4.79 Å². The number of likely N-dealkylation sites (tertiary alicyclic amines) is 1. The number of carboxylic acid groups (broad SMARTS) is 1. The fourth-order valence-corrected chi connectivity index (χ4v) is 3.21. The summed E-state index contributed by atoms with van der Waals surface area (Å²) in [6.07, 6.45) is 0.0259. The second kappa shape index (κ2) is 6.32. The summed E-state index contributed by atoms with van der Waals surface area (Å²) >= 11 is 6.27. The zero-order valence-corrected chi connectivity index (χ0v) is 12.8. The Morgan fingerprint density at radius 1 is 1.36 bits per heavy atom. The number of halogens is 1. The van der Waals surface area contributed by atoms with Crippen LogP contribution in [-0.2, 0) is 11.3 Å². The molecule has 22 heavy (non-hydrogen) atoms. The second-order valence-electron chi connectivity index (χ2n) is 5.66. The van der Waals surface area contributed by atoms with Crippen LogP contribution in [0.4, 0.5) is 0 Å². The Balaban J connectivity index is 1.64. The van der Waals surface area contributed by atoms with Gasteiger partial charge in [-0.3, -0.25) is 4.90 Å². The lowest BCUT2D eigenvalue weighted by Crippen LogP contribution is -2.40. The summed E-state index contributed by atoms with van der Waals surface area (Å²) in [5.74, 6) is 0.0639. The van der Waals surface area contributed by atoms with Crippen molar-refractivity contribution in [3.63, 3.8) is 0 Å². The number of aliphatic hydroxyl groups excluding tert-OH is 1. The normalized spacial score (nSPS) is 20.1. The number of piperidine rings is 1. The van der Waals surface area contributed by atoms with Gasteiger partial charge in [0.1, 0.15) is 0 Å². The van der Waals surface area contributed by atoms with Gasteiger partial charge in [-0.2, -0.15) is 0 Å². The summed E-state index contributed by atoms with van der Waals surface area (Å²) in [5.41, 5.74) is 0.897. The van der Waals surface area contributed by atoms with Crippen LogP contribution in [0.15, 0.2) is 12.1 Å². The third-order valence-corrected chi connectivity index (χ3v) is 4.65. The molecule has 0 radical (unpaired) electrons. The van der Waals surface area contributed by atoms with E-state index in [1.54, 1.807) is 12.1 Å². The molecule has 0 spiro atoms. The van der Waals surface area contributed by atoms with E-state index in [0.29, 0.717) is 35.9 Å². The molecule has 2 N–H and O–H groups in total. The number of nitrogens with zero attached hydrogens (tertiary/aromatic N) is 1. The van der Waals surface area contributed by atoms with Crippen molar-refractivity contribution in [1.29, 1.82) is 0 Å². The minimum Gasteiger partial charge on any atom is -0.479 e. The Kier molecular flexibility index (Phi) is 4.42. The summed E-state index contributed by atoms with van der Waals surface area (Å²) in [7, 11) is 0. The number of fused-ring (bicyclic) bond motifs is 1. The van der Waals surface area contributed by atoms with Crippen LogP contribution in [0.3, 0.4) is 0 Å². The first-order chi connectivity index (χ1) is 10.6. The average molecular weight is 328 g/mol. The number of aliphatic hydroxyl groups is 1. The number of hydrogen-bond donors (Lipinski definition) is 2. The van der Waals surface area contributed by atoms with Crippen LogP contribution < -0.4 is 9.47 Å². The predicted molar refractivity (Wildman–Crippen MR) is 79.2 cm³/mol. The minimum atomic E-state index is -1.27. The monoisotopic (exact) mass is 327 g/mol. The number of hydrogen-bond acceptors (Lipinski definition) is 5. The zero-order chi connectivity index (χ0) is 15.7. The van der Waals surface area contributed by atoms with Gasteiger partial charge in [0, 0.05) is 17.1 Å². The molecule has 1 atom stereocenters. The molecule has 0 bridgehead atoms. The molecule has 7 heteroatoms. The van der Waals surface area contributed by atoms with Crippen molar-refractivity contribution < 1.29 is 24.5 Å². The molecule has 0 aromatic heterocycles. The molecule has 0 saturated carbocycles. The topological polar surface area (TPSA) is 79.2 Å². The fraction of sp³-hybridized carbons (Fsp3) is 0.533. The van der Waals surface area contributed by atoms with Crippen molar-refractivity contribution in [2.45, 2.75) is 25.5 Å². The summed E-state index contributed by atoms with van der Waals surface area (Å²) in [4.78, 5) is 13.0. The smallest absolute Gasteiger partial charge is 0.332 e. The molecule has 2 heterocycles. The molecule has 0 amide bonds. The maximum Gasteiger partial charge on any atom is 0.332 e. The molecule has 3 rings (SSSR count). The number of rotatable bonds is 4. The molecular formula is C15H18ClNO5. The predicted octanol–water partition coefficient (Wildman–Crippen LogP) is 1.73. The van der Waals surface area contributed by atoms with Gasteiger partial charge in [0.2, 0.25) is 6.79 Å². The van der Waals surface area contributed by atoms with Gasteiger partial charge in [0.25, 0.3) is 0 Å².